The third kappa shape index (κ3) is 4.44. The summed E-state index contributed by atoms with van der Waals surface area (Å²) in [4.78, 5) is 18.3. The number of piperidine rings is 1. The summed E-state index contributed by atoms with van der Waals surface area (Å²) in [6.45, 7) is 2.61. The number of carbonyl (C=O) groups is 1. The van der Waals surface area contributed by atoms with Crippen molar-refractivity contribution in [1.29, 1.82) is 0 Å². The Morgan fingerprint density at radius 2 is 1.82 bits per heavy atom. The maximum atomic E-state index is 14.5. The molecular weight excluding hydrogens is 417 g/mol. The number of carbonyl (C=O) groups excluding carboxylic acids is 1. The molecule has 3 heterocycles. The zero-order valence-corrected chi connectivity index (χ0v) is 18.8. The molecule has 0 radical (unpaired) electrons. The Labute approximate surface area is 193 Å². The van der Waals surface area contributed by atoms with E-state index < -0.39 is 0 Å². The van der Waals surface area contributed by atoms with Gasteiger partial charge in [0.2, 0.25) is 0 Å². The molecule has 0 aliphatic carbocycles. The summed E-state index contributed by atoms with van der Waals surface area (Å²) in [6.07, 6.45) is 3.47. The van der Waals surface area contributed by atoms with Gasteiger partial charge >= 0.3 is 0 Å². The summed E-state index contributed by atoms with van der Waals surface area (Å²) in [7, 11) is 2.11. The number of rotatable bonds is 6. The lowest BCUT2D eigenvalue weighted by molar-refractivity contribution is 0.0541. The highest BCUT2D eigenvalue weighted by Gasteiger charge is 2.30. The molecule has 1 saturated heterocycles. The van der Waals surface area contributed by atoms with Gasteiger partial charge in [-0.25, -0.2) is 4.39 Å². The topological polar surface area (TPSA) is 41.6 Å². The van der Waals surface area contributed by atoms with Crippen LogP contribution in [0.2, 0.25) is 0 Å². The van der Waals surface area contributed by atoms with Crippen molar-refractivity contribution in [3.63, 3.8) is 0 Å². The van der Waals surface area contributed by atoms with Gasteiger partial charge in [-0.15, -0.1) is 0 Å². The molecule has 0 unspecified atom stereocenters. The van der Waals surface area contributed by atoms with E-state index in [4.69, 9.17) is 4.42 Å². The molecule has 1 aliphatic rings. The normalized spacial score (nSPS) is 15.2. The fraction of sp³-hybridized carbons (Fsp3) is 0.296. The van der Waals surface area contributed by atoms with E-state index in [1.807, 2.05) is 58.0 Å². The molecular formula is C27H28FN3O2. The molecule has 0 spiro atoms. The van der Waals surface area contributed by atoms with Gasteiger partial charge in [-0.3, -0.25) is 4.79 Å². The van der Waals surface area contributed by atoms with Crippen molar-refractivity contribution in [2.45, 2.75) is 32.0 Å². The molecule has 4 aromatic rings. The SMILES string of the molecule is CN1CCC(N(Cc2ccco2)C(=O)c2cc3ccccc3n2Cc2ccccc2F)CC1. The van der Waals surface area contributed by atoms with Crippen molar-refractivity contribution in [2.75, 3.05) is 20.1 Å². The van der Waals surface area contributed by atoms with Gasteiger partial charge < -0.3 is 18.8 Å². The second-order valence-corrected chi connectivity index (χ2v) is 8.81. The van der Waals surface area contributed by atoms with E-state index in [9.17, 15) is 9.18 Å². The Bertz CT molecular complexity index is 1240. The van der Waals surface area contributed by atoms with Crippen LogP contribution in [0.3, 0.4) is 0 Å². The molecule has 1 aliphatic heterocycles. The number of hydrogen-bond acceptors (Lipinski definition) is 3. The zero-order valence-electron chi connectivity index (χ0n) is 18.8. The van der Waals surface area contributed by atoms with E-state index in [-0.39, 0.29) is 17.8 Å². The molecule has 2 aromatic heterocycles. The minimum atomic E-state index is -0.267. The number of halogens is 1. The first kappa shape index (κ1) is 21.5. The number of para-hydroxylation sites is 1. The average molecular weight is 446 g/mol. The smallest absolute Gasteiger partial charge is 0.271 e. The number of hydrogen-bond donors (Lipinski definition) is 0. The van der Waals surface area contributed by atoms with Gasteiger partial charge in [0.15, 0.2) is 0 Å². The van der Waals surface area contributed by atoms with Crippen LogP contribution >= 0.6 is 0 Å². The molecule has 0 N–H and O–H groups in total. The maximum Gasteiger partial charge on any atom is 0.271 e. The summed E-state index contributed by atoms with van der Waals surface area (Å²) in [5.41, 5.74) is 2.06. The standard InChI is InChI=1S/C27H28FN3O2/c1-29-14-12-22(13-15-29)30(19-23-9-6-16-33-23)27(32)26-17-20-7-3-5-11-25(20)31(26)18-21-8-2-4-10-24(21)28/h2-11,16-17,22H,12-15,18-19H2,1H3. The van der Waals surface area contributed by atoms with Crippen molar-refractivity contribution in [3.05, 3.63) is 95.8 Å². The lowest BCUT2D eigenvalue weighted by Crippen LogP contribution is -2.46. The molecule has 1 fully saturated rings. The van der Waals surface area contributed by atoms with Crippen LogP contribution in [0.1, 0.15) is 34.7 Å². The van der Waals surface area contributed by atoms with Crippen LogP contribution in [0.4, 0.5) is 4.39 Å². The van der Waals surface area contributed by atoms with E-state index in [1.54, 1.807) is 18.4 Å². The van der Waals surface area contributed by atoms with Crippen LogP contribution < -0.4 is 0 Å². The first-order valence-corrected chi connectivity index (χ1v) is 11.4. The lowest BCUT2D eigenvalue weighted by atomic mass is 10.0. The Hall–Kier alpha value is -3.38. The first-order chi connectivity index (χ1) is 16.1. The van der Waals surface area contributed by atoms with Crippen molar-refractivity contribution in [3.8, 4) is 0 Å². The van der Waals surface area contributed by atoms with Crippen molar-refractivity contribution in [1.82, 2.24) is 14.4 Å². The number of fused-ring (bicyclic) bond motifs is 1. The van der Waals surface area contributed by atoms with Gasteiger partial charge in [-0.05, 0) is 63.3 Å². The van der Waals surface area contributed by atoms with Crippen LogP contribution in [0.25, 0.3) is 10.9 Å². The molecule has 0 atom stereocenters. The predicted molar refractivity (Wildman–Crippen MR) is 127 cm³/mol. The molecule has 5 nitrogen and oxygen atoms in total. The lowest BCUT2D eigenvalue weighted by Gasteiger charge is -2.37. The molecule has 5 rings (SSSR count). The second-order valence-electron chi connectivity index (χ2n) is 8.81. The Morgan fingerprint density at radius 3 is 2.58 bits per heavy atom. The molecule has 1 amide bonds. The summed E-state index contributed by atoms with van der Waals surface area (Å²) >= 11 is 0. The van der Waals surface area contributed by atoms with Gasteiger partial charge in [0.25, 0.3) is 5.91 Å². The highest BCUT2D eigenvalue weighted by Crippen LogP contribution is 2.27. The third-order valence-corrected chi connectivity index (χ3v) is 6.61. The number of aromatic nitrogens is 1. The van der Waals surface area contributed by atoms with Crippen molar-refractivity contribution in [2.24, 2.45) is 0 Å². The predicted octanol–water partition coefficient (Wildman–Crippen LogP) is 5.16. The summed E-state index contributed by atoms with van der Waals surface area (Å²) < 4.78 is 22.1. The summed E-state index contributed by atoms with van der Waals surface area (Å²) in [6, 6.07) is 20.5. The minimum Gasteiger partial charge on any atom is -0.467 e. The molecule has 6 heteroatoms. The Kier molecular flexibility index (Phi) is 6.01. The summed E-state index contributed by atoms with van der Waals surface area (Å²) in [5.74, 6) is 0.448. The summed E-state index contributed by atoms with van der Waals surface area (Å²) in [5, 5.41) is 0.971. The van der Waals surface area contributed by atoms with E-state index in [2.05, 4.69) is 11.9 Å². The fourth-order valence-electron chi connectivity index (χ4n) is 4.75. The second kappa shape index (κ2) is 9.24. The van der Waals surface area contributed by atoms with Crippen LogP contribution in [0, 0.1) is 5.82 Å². The van der Waals surface area contributed by atoms with Crippen LogP contribution in [-0.4, -0.2) is 46.5 Å². The molecule has 0 saturated carbocycles. The van der Waals surface area contributed by atoms with Crippen molar-refractivity contribution < 1.29 is 13.6 Å². The van der Waals surface area contributed by atoms with Crippen LogP contribution in [0.15, 0.2) is 77.4 Å². The third-order valence-electron chi connectivity index (χ3n) is 6.61. The zero-order chi connectivity index (χ0) is 22.8. The molecule has 0 bridgehead atoms. The van der Waals surface area contributed by atoms with E-state index in [0.29, 0.717) is 24.3 Å². The number of nitrogens with zero attached hydrogens (tertiary/aromatic N) is 3. The Balaban J connectivity index is 1.55. The van der Waals surface area contributed by atoms with Gasteiger partial charge in [0.05, 0.1) is 19.4 Å². The van der Waals surface area contributed by atoms with E-state index in [0.717, 1.165) is 42.6 Å². The quantitative estimate of drug-likeness (QED) is 0.412. The van der Waals surface area contributed by atoms with Crippen LogP contribution in [0.5, 0.6) is 0 Å². The monoisotopic (exact) mass is 445 g/mol. The number of likely N-dealkylation sites (tertiary alicyclic amines) is 1. The van der Waals surface area contributed by atoms with Gasteiger partial charge in [0.1, 0.15) is 17.3 Å². The fourth-order valence-corrected chi connectivity index (χ4v) is 4.75. The van der Waals surface area contributed by atoms with E-state index >= 15 is 0 Å². The molecule has 33 heavy (non-hydrogen) atoms. The highest BCUT2D eigenvalue weighted by atomic mass is 19.1. The van der Waals surface area contributed by atoms with Crippen LogP contribution in [-0.2, 0) is 13.1 Å². The van der Waals surface area contributed by atoms with Gasteiger partial charge in [-0.2, -0.15) is 0 Å². The highest BCUT2D eigenvalue weighted by molar-refractivity contribution is 5.99. The first-order valence-electron chi connectivity index (χ1n) is 11.4. The van der Waals surface area contributed by atoms with Crippen molar-refractivity contribution >= 4 is 16.8 Å². The molecule has 2 aromatic carbocycles. The van der Waals surface area contributed by atoms with Gasteiger partial charge in [0, 0.05) is 22.5 Å². The minimum absolute atomic E-state index is 0.0477. The average Bonchev–Trinajstić information content (AvgIpc) is 3.47. The van der Waals surface area contributed by atoms with Gasteiger partial charge in [-0.1, -0.05) is 36.4 Å². The Morgan fingerprint density at radius 1 is 1.06 bits per heavy atom. The van der Waals surface area contributed by atoms with E-state index in [1.165, 1.54) is 6.07 Å². The molecule has 170 valence electrons. The number of amides is 1. The number of benzene rings is 2. The maximum absolute atomic E-state index is 14.5. The number of furan rings is 1. The largest absolute Gasteiger partial charge is 0.467 e.